The van der Waals surface area contributed by atoms with Crippen LogP contribution in [0.2, 0.25) is 0 Å². The van der Waals surface area contributed by atoms with E-state index in [4.69, 9.17) is 9.47 Å². The van der Waals surface area contributed by atoms with Gasteiger partial charge < -0.3 is 14.2 Å². The highest BCUT2D eigenvalue weighted by Crippen LogP contribution is 2.30. The van der Waals surface area contributed by atoms with Gasteiger partial charge in [-0.15, -0.1) is 0 Å². The van der Waals surface area contributed by atoms with Gasteiger partial charge in [0, 0.05) is 23.3 Å². The summed E-state index contributed by atoms with van der Waals surface area (Å²) in [6.07, 6.45) is 2.87. The van der Waals surface area contributed by atoms with E-state index in [0.717, 1.165) is 30.7 Å². The van der Waals surface area contributed by atoms with Crippen molar-refractivity contribution in [3.8, 4) is 22.6 Å². The molecule has 0 heterocycles. The van der Waals surface area contributed by atoms with Crippen molar-refractivity contribution in [1.82, 2.24) is 0 Å². The van der Waals surface area contributed by atoms with Gasteiger partial charge in [-0.1, -0.05) is 19.2 Å². The summed E-state index contributed by atoms with van der Waals surface area (Å²) in [5.74, 6) is -2.96. The highest BCUT2D eigenvalue weighted by Gasteiger charge is 2.12. The fourth-order valence-corrected chi connectivity index (χ4v) is 2.00. The molecule has 0 unspecified atom stereocenters. The van der Waals surface area contributed by atoms with E-state index in [9.17, 15) is 18.4 Å². The fraction of sp³-hybridized carbons (Fsp3) is 0.0476. The molecule has 2 rings (SSSR count). The Morgan fingerprint density at radius 2 is 1.79 bits per heavy atom. The topological polar surface area (TPSA) is 61.8 Å². The molecule has 28 heavy (non-hydrogen) atoms. The normalized spacial score (nSPS) is 10.4. The minimum absolute atomic E-state index is 0.00823. The van der Waals surface area contributed by atoms with Crippen molar-refractivity contribution in [3.05, 3.63) is 85.4 Å². The Labute approximate surface area is 160 Å². The standard InChI is InChI=1S/C21H16F2O5/c1-4-20(24)27-10-9-26-19-8-5-14(11-18(19)23)16-7-6-15(12-17(16)22)28-21(25)13(2)3/h4-12H,1-2H2,3H3. The van der Waals surface area contributed by atoms with Crippen LogP contribution in [0.5, 0.6) is 11.5 Å². The zero-order chi connectivity index (χ0) is 20.7. The predicted octanol–water partition coefficient (Wildman–Crippen LogP) is 4.69. The van der Waals surface area contributed by atoms with Crippen LogP contribution >= 0.6 is 0 Å². The molecule has 0 saturated carbocycles. The molecule has 0 bridgehead atoms. The summed E-state index contributed by atoms with van der Waals surface area (Å²) in [4.78, 5) is 22.3. The SMILES string of the molecule is C=CC(=O)OC=COc1ccc(-c2ccc(OC(=O)C(=C)C)cc2F)cc1F. The van der Waals surface area contributed by atoms with Gasteiger partial charge in [0.15, 0.2) is 11.6 Å². The second-order valence-corrected chi connectivity index (χ2v) is 5.49. The lowest BCUT2D eigenvalue weighted by Crippen LogP contribution is -2.08. The van der Waals surface area contributed by atoms with E-state index in [0.29, 0.717) is 0 Å². The van der Waals surface area contributed by atoms with Crippen LogP contribution in [0.15, 0.2) is 73.7 Å². The molecule has 0 N–H and O–H groups in total. The average Bonchev–Trinajstić information content (AvgIpc) is 2.66. The molecule has 0 saturated heterocycles. The minimum atomic E-state index is -0.755. The second kappa shape index (κ2) is 9.27. The van der Waals surface area contributed by atoms with Crippen LogP contribution in [0.1, 0.15) is 6.92 Å². The van der Waals surface area contributed by atoms with Crippen LogP contribution < -0.4 is 9.47 Å². The lowest BCUT2D eigenvalue weighted by atomic mass is 10.0. The predicted molar refractivity (Wildman–Crippen MR) is 98.3 cm³/mol. The summed E-state index contributed by atoms with van der Waals surface area (Å²) in [6, 6.07) is 7.59. The molecule has 7 heteroatoms. The smallest absolute Gasteiger partial charge is 0.338 e. The van der Waals surface area contributed by atoms with E-state index < -0.39 is 23.6 Å². The maximum Gasteiger partial charge on any atom is 0.338 e. The van der Waals surface area contributed by atoms with E-state index in [1.807, 2.05) is 0 Å². The Morgan fingerprint density at radius 1 is 1.04 bits per heavy atom. The van der Waals surface area contributed by atoms with Crippen molar-refractivity contribution in [2.24, 2.45) is 0 Å². The van der Waals surface area contributed by atoms with Crippen molar-refractivity contribution in [1.29, 1.82) is 0 Å². The molecule has 0 aliphatic heterocycles. The first kappa shape index (κ1) is 20.6. The summed E-state index contributed by atoms with van der Waals surface area (Å²) in [5, 5.41) is 0. The Kier molecular flexibility index (Phi) is 6.81. The fourth-order valence-electron chi connectivity index (χ4n) is 2.00. The average molecular weight is 386 g/mol. The Morgan fingerprint density at radius 3 is 2.39 bits per heavy atom. The van der Waals surface area contributed by atoms with Crippen molar-refractivity contribution in [2.45, 2.75) is 6.92 Å². The summed E-state index contributed by atoms with van der Waals surface area (Å²) < 4.78 is 43.0. The monoisotopic (exact) mass is 386 g/mol. The first-order valence-corrected chi connectivity index (χ1v) is 7.93. The van der Waals surface area contributed by atoms with Crippen LogP contribution in [0.3, 0.4) is 0 Å². The number of hydrogen-bond acceptors (Lipinski definition) is 5. The van der Waals surface area contributed by atoms with Gasteiger partial charge in [-0.3, -0.25) is 0 Å². The van der Waals surface area contributed by atoms with Gasteiger partial charge in [0.1, 0.15) is 24.1 Å². The third-order valence-electron chi connectivity index (χ3n) is 3.34. The number of rotatable bonds is 7. The Bertz CT molecular complexity index is 963. The first-order chi connectivity index (χ1) is 13.3. The molecule has 2 aromatic carbocycles. The Balaban J connectivity index is 2.14. The lowest BCUT2D eigenvalue weighted by molar-refractivity contribution is -0.132. The number of ether oxygens (including phenoxy) is 3. The number of hydrogen-bond donors (Lipinski definition) is 0. The van der Waals surface area contributed by atoms with Crippen LogP contribution in [0, 0.1) is 11.6 Å². The Hall–Kier alpha value is -3.74. The second-order valence-electron chi connectivity index (χ2n) is 5.49. The van der Waals surface area contributed by atoms with E-state index in [-0.39, 0.29) is 28.2 Å². The molecule has 0 fully saturated rings. The third-order valence-corrected chi connectivity index (χ3v) is 3.34. The molecule has 0 aromatic heterocycles. The van der Waals surface area contributed by atoms with Crippen molar-refractivity contribution < 1.29 is 32.6 Å². The molecular weight excluding hydrogens is 370 g/mol. The van der Waals surface area contributed by atoms with E-state index >= 15 is 0 Å². The molecule has 0 aliphatic rings. The van der Waals surface area contributed by atoms with Crippen LogP contribution in [0.4, 0.5) is 8.78 Å². The summed E-state index contributed by atoms with van der Waals surface area (Å²) in [6.45, 7) is 8.13. The molecule has 144 valence electrons. The number of esters is 2. The van der Waals surface area contributed by atoms with E-state index in [1.54, 1.807) is 0 Å². The molecular formula is C21H16F2O5. The maximum absolute atomic E-state index is 14.3. The largest absolute Gasteiger partial charge is 0.459 e. The zero-order valence-corrected chi connectivity index (χ0v) is 14.9. The lowest BCUT2D eigenvalue weighted by Gasteiger charge is -2.09. The van der Waals surface area contributed by atoms with Gasteiger partial charge in [0.2, 0.25) is 0 Å². The molecule has 0 amide bonds. The van der Waals surface area contributed by atoms with Gasteiger partial charge >= 0.3 is 11.9 Å². The van der Waals surface area contributed by atoms with Gasteiger partial charge in [0.05, 0.1) is 0 Å². The highest BCUT2D eigenvalue weighted by atomic mass is 19.1. The number of halogens is 2. The van der Waals surface area contributed by atoms with Gasteiger partial charge in [-0.25, -0.2) is 18.4 Å². The molecule has 0 spiro atoms. The van der Waals surface area contributed by atoms with Crippen LogP contribution in [-0.2, 0) is 14.3 Å². The van der Waals surface area contributed by atoms with E-state index in [1.165, 1.54) is 31.2 Å². The molecule has 0 aliphatic carbocycles. The summed E-state index contributed by atoms with van der Waals surface area (Å²) in [5.41, 5.74) is 0.536. The van der Waals surface area contributed by atoms with Crippen molar-refractivity contribution >= 4 is 11.9 Å². The van der Waals surface area contributed by atoms with Gasteiger partial charge in [-0.2, -0.15) is 0 Å². The van der Waals surface area contributed by atoms with E-state index in [2.05, 4.69) is 17.9 Å². The summed E-state index contributed by atoms with van der Waals surface area (Å²) in [7, 11) is 0. The minimum Gasteiger partial charge on any atom is -0.459 e. The molecule has 0 radical (unpaired) electrons. The summed E-state index contributed by atoms with van der Waals surface area (Å²) >= 11 is 0. The quantitative estimate of drug-likeness (QED) is 0.299. The number of benzene rings is 2. The van der Waals surface area contributed by atoms with Gasteiger partial charge in [-0.05, 0) is 36.8 Å². The van der Waals surface area contributed by atoms with Crippen LogP contribution in [-0.4, -0.2) is 11.9 Å². The first-order valence-electron chi connectivity index (χ1n) is 7.93. The number of carbonyl (C=O) groups excluding carboxylic acids is 2. The maximum atomic E-state index is 14.3. The van der Waals surface area contributed by atoms with Gasteiger partial charge in [0.25, 0.3) is 0 Å². The zero-order valence-electron chi connectivity index (χ0n) is 14.9. The molecule has 2 aromatic rings. The van der Waals surface area contributed by atoms with Crippen molar-refractivity contribution in [3.63, 3.8) is 0 Å². The molecule has 0 atom stereocenters. The third kappa shape index (κ3) is 5.38. The number of carbonyl (C=O) groups is 2. The van der Waals surface area contributed by atoms with Crippen LogP contribution in [0.25, 0.3) is 11.1 Å². The molecule has 5 nitrogen and oxygen atoms in total. The highest BCUT2D eigenvalue weighted by molar-refractivity contribution is 5.88. The van der Waals surface area contributed by atoms with Crippen molar-refractivity contribution in [2.75, 3.05) is 0 Å².